The Bertz CT molecular complexity index is 449. The molecule has 18 heavy (non-hydrogen) atoms. The number of hydrogen-bond donors (Lipinski definition) is 1. The first-order valence-corrected chi connectivity index (χ1v) is 6.77. The summed E-state index contributed by atoms with van der Waals surface area (Å²) in [6.45, 7) is 1.65. The summed E-state index contributed by atoms with van der Waals surface area (Å²) in [5.41, 5.74) is 1.20. The van der Waals surface area contributed by atoms with Crippen LogP contribution in [0, 0.1) is 17.0 Å². The van der Waals surface area contributed by atoms with Crippen molar-refractivity contribution >= 4 is 33.2 Å². The largest absolute Gasteiger partial charge is 0.326 e. The number of unbranched alkanes of at least 4 members (excludes halogenated alkanes) is 1. The summed E-state index contributed by atoms with van der Waals surface area (Å²) in [4.78, 5) is 21.8. The second kappa shape index (κ2) is 7.10. The van der Waals surface area contributed by atoms with E-state index in [4.69, 9.17) is 0 Å². The number of nitro benzene ring substituents is 1. The van der Waals surface area contributed by atoms with Crippen LogP contribution in [0.4, 0.5) is 11.4 Å². The number of carbonyl (C=O) groups is 1. The number of nitro groups is 1. The lowest BCUT2D eigenvalue weighted by Crippen LogP contribution is -2.11. The van der Waals surface area contributed by atoms with Crippen LogP contribution >= 0.6 is 15.9 Å². The Hall–Kier alpha value is -1.43. The Morgan fingerprint density at radius 3 is 2.72 bits per heavy atom. The van der Waals surface area contributed by atoms with Crippen LogP contribution in [0.25, 0.3) is 0 Å². The minimum atomic E-state index is -0.434. The molecular weight excluding hydrogens is 300 g/mol. The average Bonchev–Trinajstić information content (AvgIpc) is 2.28. The zero-order valence-corrected chi connectivity index (χ0v) is 11.7. The zero-order valence-electron chi connectivity index (χ0n) is 10.1. The zero-order chi connectivity index (χ0) is 13.5. The summed E-state index contributed by atoms with van der Waals surface area (Å²) in [5.74, 6) is -0.0656. The molecule has 0 aliphatic heterocycles. The smallest absolute Gasteiger partial charge is 0.272 e. The van der Waals surface area contributed by atoms with E-state index in [1.54, 1.807) is 19.1 Å². The Morgan fingerprint density at radius 2 is 2.17 bits per heavy atom. The number of rotatable bonds is 6. The number of carbonyl (C=O) groups excluding carboxylic acids is 1. The number of amides is 1. The van der Waals surface area contributed by atoms with E-state index in [0.717, 1.165) is 18.2 Å². The van der Waals surface area contributed by atoms with Gasteiger partial charge in [0.15, 0.2) is 0 Å². The molecule has 0 radical (unpaired) electrons. The van der Waals surface area contributed by atoms with Gasteiger partial charge < -0.3 is 5.32 Å². The molecule has 0 atom stereocenters. The minimum absolute atomic E-state index is 0.0623. The van der Waals surface area contributed by atoms with Gasteiger partial charge in [0, 0.05) is 29.1 Å². The number of alkyl halides is 1. The van der Waals surface area contributed by atoms with Crippen LogP contribution in [-0.4, -0.2) is 16.2 Å². The van der Waals surface area contributed by atoms with E-state index in [1.165, 1.54) is 6.07 Å². The summed E-state index contributed by atoms with van der Waals surface area (Å²) < 4.78 is 0. The third-order valence-electron chi connectivity index (χ3n) is 2.46. The van der Waals surface area contributed by atoms with Crippen LogP contribution in [0.1, 0.15) is 24.8 Å². The van der Waals surface area contributed by atoms with Gasteiger partial charge in [-0.2, -0.15) is 0 Å². The lowest BCUT2D eigenvalue weighted by molar-refractivity contribution is -0.385. The molecule has 1 aromatic rings. The van der Waals surface area contributed by atoms with Crippen LogP contribution < -0.4 is 5.32 Å². The van der Waals surface area contributed by atoms with E-state index in [1.807, 2.05) is 0 Å². The van der Waals surface area contributed by atoms with Crippen LogP contribution in [0.15, 0.2) is 18.2 Å². The van der Waals surface area contributed by atoms with Gasteiger partial charge in [-0.25, -0.2) is 0 Å². The first-order valence-electron chi connectivity index (χ1n) is 5.65. The van der Waals surface area contributed by atoms with Gasteiger partial charge in [0.2, 0.25) is 5.91 Å². The molecule has 1 aromatic carbocycles. The Balaban J connectivity index is 2.60. The summed E-state index contributed by atoms with van der Waals surface area (Å²) in [6, 6.07) is 4.57. The molecule has 0 aliphatic carbocycles. The topological polar surface area (TPSA) is 72.2 Å². The van der Waals surface area contributed by atoms with E-state index in [9.17, 15) is 14.9 Å². The molecule has 0 heterocycles. The van der Waals surface area contributed by atoms with Crippen molar-refractivity contribution < 1.29 is 9.72 Å². The van der Waals surface area contributed by atoms with Gasteiger partial charge in [0.1, 0.15) is 0 Å². The lowest BCUT2D eigenvalue weighted by Gasteiger charge is -2.06. The molecule has 1 N–H and O–H groups in total. The van der Waals surface area contributed by atoms with Gasteiger partial charge in [0.25, 0.3) is 5.69 Å². The first-order chi connectivity index (χ1) is 8.54. The molecule has 0 fully saturated rings. The van der Waals surface area contributed by atoms with Gasteiger partial charge in [-0.15, -0.1) is 0 Å². The van der Waals surface area contributed by atoms with Gasteiger partial charge in [-0.1, -0.05) is 15.9 Å². The van der Waals surface area contributed by atoms with Gasteiger partial charge in [0.05, 0.1) is 4.92 Å². The maximum Gasteiger partial charge on any atom is 0.272 e. The molecule has 0 spiro atoms. The molecule has 0 aliphatic rings. The van der Waals surface area contributed by atoms with Crippen LogP contribution in [-0.2, 0) is 4.79 Å². The Labute approximate surface area is 114 Å². The van der Waals surface area contributed by atoms with E-state index in [-0.39, 0.29) is 11.6 Å². The van der Waals surface area contributed by atoms with Crippen molar-refractivity contribution in [1.29, 1.82) is 0 Å². The highest BCUT2D eigenvalue weighted by molar-refractivity contribution is 9.09. The van der Waals surface area contributed by atoms with Crippen molar-refractivity contribution in [3.8, 4) is 0 Å². The second-order valence-electron chi connectivity index (χ2n) is 3.95. The number of hydrogen-bond acceptors (Lipinski definition) is 3. The van der Waals surface area contributed by atoms with Crippen molar-refractivity contribution in [3.63, 3.8) is 0 Å². The molecule has 98 valence electrons. The van der Waals surface area contributed by atoms with Crippen molar-refractivity contribution in [2.45, 2.75) is 26.2 Å². The minimum Gasteiger partial charge on any atom is -0.326 e. The summed E-state index contributed by atoms with van der Waals surface area (Å²) >= 11 is 3.30. The van der Waals surface area contributed by atoms with Gasteiger partial charge >= 0.3 is 0 Å². The van der Waals surface area contributed by atoms with Crippen molar-refractivity contribution in [2.24, 2.45) is 0 Å². The van der Waals surface area contributed by atoms with Crippen molar-refractivity contribution in [1.82, 2.24) is 0 Å². The highest BCUT2D eigenvalue weighted by Gasteiger charge is 2.11. The third-order valence-corrected chi connectivity index (χ3v) is 3.03. The van der Waals surface area contributed by atoms with E-state index in [0.29, 0.717) is 17.7 Å². The normalized spacial score (nSPS) is 10.1. The molecule has 5 nitrogen and oxygen atoms in total. The number of aryl methyl sites for hydroxylation is 1. The fourth-order valence-corrected chi connectivity index (χ4v) is 1.94. The maximum absolute atomic E-state index is 11.6. The third kappa shape index (κ3) is 4.44. The maximum atomic E-state index is 11.6. The van der Waals surface area contributed by atoms with E-state index in [2.05, 4.69) is 21.2 Å². The number of nitrogens with zero attached hydrogens (tertiary/aromatic N) is 1. The van der Waals surface area contributed by atoms with Crippen LogP contribution in [0.2, 0.25) is 0 Å². The number of halogens is 1. The second-order valence-corrected chi connectivity index (χ2v) is 4.75. The highest BCUT2D eigenvalue weighted by Crippen LogP contribution is 2.21. The number of anilines is 1. The van der Waals surface area contributed by atoms with E-state index < -0.39 is 4.92 Å². The number of benzene rings is 1. The summed E-state index contributed by atoms with van der Waals surface area (Å²) in [6.07, 6.45) is 2.23. The molecular formula is C12H15BrN2O3. The lowest BCUT2D eigenvalue weighted by atomic mass is 10.1. The fourth-order valence-electron chi connectivity index (χ4n) is 1.54. The standard InChI is InChI=1S/C12H15BrN2O3/c1-9-8-10(5-6-11(9)15(17)18)14-12(16)4-2-3-7-13/h5-6,8H,2-4,7H2,1H3,(H,14,16). The van der Waals surface area contributed by atoms with Crippen molar-refractivity contribution in [3.05, 3.63) is 33.9 Å². The molecule has 1 rings (SSSR count). The van der Waals surface area contributed by atoms with Crippen LogP contribution in [0.5, 0.6) is 0 Å². The molecule has 0 unspecified atom stereocenters. The molecule has 1 amide bonds. The monoisotopic (exact) mass is 314 g/mol. The van der Waals surface area contributed by atoms with Crippen molar-refractivity contribution in [2.75, 3.05) is 10.6 Å². The van der Waals surface area contributed by atoms with E-state index >= 15 is 0 Å². The predicted octanol–water partition coefficient (Wildman–Crippen LogP) is 3.41. The fraction of sp³-hybridized carbons (Fsp3) is 0.417. The van der Waals surface area contributed by atoms with Gasteiger partial charge in [-0.3, -0.25) is 14.9 Å². The average molecular weight is 315 g/mol. The summed E-state index contributed by atoms with van der Waals surface area (Å²) in [7, 11) is 0. The highest BCUT2D eigenvalue weighted by atomic mass is 79.9. The molecule has 0 bridgehead atoms. The SMILES string of the molecule is Cc1cc(NC(=O)CCCCBr)ccc1[N+](=O)[O-]. The Kier molecular flexibility index (Phi) is 5.77. The first kappa shape index (κ1) is 14.6. The van der Waals surface area contributed by atoms with Gasteiger partial charge in [-0.05, 0) is 31.9 Å². The molecule has 6 heteroatoms. The number of nitrogens with one attached hydrogen (secondary N) is 1. The molecule has 0 saturated heterocycles. The quantitative estimate of drug-likeness (QED) is 0.378. The summed E-state index contributed by atoms with van der Waals surface area (Å²) in [5, 5.41) is 14.3. The Morgan fingerprint density at radius 1 is 1.44 bits per heavy atom. The molecule has 0 aromatic heterocycles. The predicted molar refractivity (Wildman–Crippen MR) is 74.1 cm³/mol. The van der Waals surface area contributed by atoms with Crippen LogP contribution in [0.3, 0.4) is 0 Å². The molecule has 0 saturated carbocycles.